The van der Waals surface area contributed by atoms with Gasteiger partial charge in [-0.15, -0.1) is 0 Å². The van der Waals surface area contributed by atoms with Gasteiger partial charge in [0.15, 0.2) is 0 Å². The average molecular weight is 470 g/mol. The Morgan fingerprint density at radius 3 is 2.47 bits per heavy atom. The number of carbonyl (C=O) groups is 3. The third-order valence-electron chi connectivity index (χ3n) is 6.22. The normalized spacial score (nSPS) is 19.5. The number of carbonyl (C=O) groups excluding carboxylic acids is 3. The summed E-state index contributed by atoms with van der Waals surface area (Å²) in [5.74, 6) is -1.62. The van der Waals surface area contributed by atoms with Crippen LogP contribution < -0.4 is 4.90 Å². The highest BCUT2D eigenvalue weighted by molar-refractivity contribution is 6.11. The summed E-state index contributed by atoms with van der Waals surface area (Å²) in [6.45, 7) is -0.806. The maximum atomic E-state index is 13.3. The van der Waals surface area contributed by atoms with Crippen molar-refractivity contribution in [1.82, 2.24) is 9.80 Å². The average Bonchev–Trinajstić information content (AvgIpc) is 3.11. The summed E-state index contributed by atoms with van der Waals surface area (Å²) in [5, 5.41) is 8.92. The Balaban J connectivity index is 1.64. The van der Waals surface area contributed by atoms with E-state index in [4.69, 9.17) is 5.26 Å². The fourth-order valence-electron chi connectivity index (χ4n) is 4.53. The zero-order valence-electron chi connectivity index (χ0n) is 18.3. The van der Waals surface area contributed by atoms with Crippen molar-refractivity contribution >= 4 is 23.4 Å². The number of nitriles is 1. The third-order valence-corrected chi connectivity index (χ3v) is 6.22. The minimum absolute atomic E-state index is 0.153. The van der Waals surface area contributed by atoms with E-state index in [1.165, 1.54) is 40.1 Å². The van der Waals surface area contributed by atoms with Gasteiger partial charge in [-0.05, 0) is 43.2 Å². The molecule has 0 aromatic heterocycles. The summed E-state index contributed by atoms with van der Waals surface area (Å²) in [5.41, 5.74) is 0.254. The molecule has 34 heavy (non-hydrogen) atoms. The lowest BCUT2D eigenvalue weighted by atomic mass is 9.98. The fraction of sp³-hybridized carbons (Fsp3) is 0.333. The number of halogens is 3. The van der Waals surface area contributed by atoms with Gasteiger partial charge >= 0.3 is 6.18 Å². The summed E-state index contributed by atoms with van der Waals surface area (Å²) >= 11 is 0. The molecule has 0 aliphatic carbocycles. The Morgan fingerprint density at radius 2 is 1.82 bits per heavy atom. The van der Waals surface area contributed by atoms with Gasteiger partial charge in [-0.25, -0.2) is 0 Å². The van der Waals surface area contributed by atoms with Crippen molar-refractivity contribution in [2.75, 3.05) is 18.0 Å². The smallest absolute Gasteiger partial charge is 0.328 e. The van der Waals surface area contributed by atoms with Crippen molar-refractivity contribution in [3.8, 4) is 6.07 Å². The lowest BCUT2D eigenvalue weighted by molar-refractivity contribution is -0.163. The number of amides is 3. The number of hydrogen-bond acceptors (Lipinski definition) is 4. The predicted molar refractivity (Wildman–Crippen MR) is 115 cm³/mol. The number of para-hydroxylation sites is 1. The topological polar surface area (TPSA) is 84.7 Å². The summed E-state index contributed by atoms with van der Waals surface area (Å²) in [4.78, 5) is 42.4. The number of hydrogen-bond donors (Lipinski definition) is 0. The molecule has 2 heterocycles. The number of benzene rings is 2. The van der Waals surface area contributed by atoms with E-state index in [0.29, 0.717) is 21.7 Å². The van der Waals surface area contributed by atoms with Crippen LogP contribution >= 0.6 is 0 Å². The van der Waals surface area contributed by atoms with E-state index in [2.05, 4.69) is 0 Å². The number of fused-ring (bicyclic) bond motifs is 3. The molecule has 1 atom stereocenters. The molecule has 1 fully saturated rings. The van der Waals surface area contributed by atoms with Gasteiger partial charge in [0.25, 0.3) is 5.91 Å². The molecular formula is C24H21F3N4O3. The maximum Gasteiger partial charge on any atom is 0.406 e. The highest BCUT2D eigenvalue weighted by Crippen LogP contribution is 2.44. The van der Waals surface area contributed by atoms with Crippen LogP contribution in [0, 0.1) is 11.3 Å². The van der Waals surface area contributed by atoms with Gasteiger partial charge < -0.3 is 9.80 Å². The summed E-state index contributed by atoms with van der Waals surface area (Å²) in [6, 6.07) is 14.3. The molecule has 1 unspecified atom stereocenters. The SMILES string of the molecule is CC12CCC(=O)N1c1ccccc1C(=O)N2CC(=O)N(Cc1ccc(C#N)cc1)CC(F)(F)F. The van der Waals surface area contributed by atoms with Crippen LogP contribution in [0.25, 0.3) is 0 Å². The van der Waals surface area contributed by atoms with Gasteiger partial charge in [0.1, 0.15) is 18.8 Å². The molecule has 4 rings (SSSR count). The number of anilines is 1. The lowest BCUT2D eigenvalue weighted by Gasteiger charge is -2.48. The van der Waals surface area contributed by atoms with E-state index in [-0.39, 0.29) is 30.9 Å². The van der Waals surface area contributed by atoms with Crippen molar-refractivity contribution in [3.05, 3.63) is 65.2 Å². The zero-order valence-corrected chi connectivity index (χ0v) is 18.3. The lowest BCUT2D eigenvalue weighted by Crippen LogP contribution is -2.64. The third kappa shape index (κ3) is 4.21. The largest absolute Gasteiger partial charge is 0.406 e. The van der Waals surface area contributed by atoms with Crippen LogP contribution in [0.1, 0.15) is 41.3 Å². The second-order valence-corrected chi connectivity index (χ2v) is 8.53. The minimum Gasteiger partial charge on any atom is -0.328 e. The molecule has 0 spiro atoms. The van der Waals surface area contributed by atoms with Gasteiger partial charge in [0.2, 0.25) is 11.8 Å². The quantitative estimate of drug-likeness (QED) is 0.670. The second kappa shape index (κ2) is 8.48. The Hall–Kier alpha value is -3.87. The molecule has 0 N–H and O–H groups in total. The van der Waals surface area contributed by atoms with Crippen LogP contribution in [0.2, 0.25) is 0 Å². The monoisotopic (exact) mass is 470 g/mol. The standard InChI is InChI=1S/C24H21F3N4O3/c1-23-11-10-20(32)31(23)19-5-3-2-4-18(19)22(34)30(23)14-21(33)29(15-24(25,26)27)13-17-8-6-16(12-28)7-9-17/h2-9H,10-11,13-15H2,1H3. The molecular weight excluding hydrogens is 449 g/mol. The van der Waals surface area contributed by atoms with Gasteiger partial charge in [-0.1, -0.05) is 24.3 Å². The minimum atomic E-state index is -4.65. The molecule has 2 aliphatic heterocycles. The van der Waals surface area contributed by atoms with Gasteiger partial charge in [-0.3, -0.25) is 19.3 Å². The van der Waals surface area contributed by atoms with Crippen LogP contribution in [0.4, 0.5) is 18.9 Å². The summed E-state index contributed by atoms with van der Waals surface area (Å²) in [6.07, 6.45) is -4.24. The molecule has 2 aromatic carbocycles. The van der Waals surface area contributed by atoms with Crippen LogP contribution in [0.5, 0.6) is 0 Å². The molecule has 0 saturated carbocycles. The second-order valence-electron chi connectivity index (χ2n) is 8.53. The number of rotatable bonds is 5. The highest BCUT2D eigenvalue weighted by Gasteiger charge is 2.53. The van der Waals surface area contributed by atoms with Crippen molar-refractivity contribution in [2.45, 2.75) is 38.1 Å². The van der Waals surface area contributed by atoms with E-state index in [1.54, 1.807) is 25.1 Å². The first-order valence-corrected chi connectivity index (χ1v) is 10.6. The van der Waals surface area contributed by atoms with E-state index in [1.807, 2.05) is 6.07 Å². The van der Waals surface area contributed by atoms with E-state index in [9.17, 15) is 27.6 Å². The Kier molecular flexibility index (Phi) is 5.81. The first-order chi connectivity index (χ1) is 16.0. The summed E-state index contributed by atoms with van der Waals surface area (Å²) in [7, 11) is 0. The molecule has 2 aromatic rings. The van der Waals surface area contributed by atoms with Gasteiger partial charge in [0.05, 0.1) is 22.9 Å². The Bertz CT molecular complexity index is 1190. The van der Waals surface area contributed by atoms with Crippen LogP contribution in [0.15, 0.2) is 48.5 Å². The van der Waals surface area contributed by atoms with Crippen molar-refractivity contribution in [3.63, 3.8) is 0 Å². The Morgan fingerprint density at radius 1 is 1.15 bits per heavy atom. The molecule has 3 amide bonds. The van der Waals surface area contributed by atoms with Crippen molar-refractivity contribution < 1.29 is 27.6 Å². The van der Waals surface area contributed by atoms with Crippen LogP contribution in [0.3, 0.4) is 0 Å². The molecule has 0 bridgehead atoms. The van der Waals surface area contributed by atoms with Crippen LogP contribution in [-0.4, -0.2) is 52.5 Å². The highest BCUT2D eigenvalue weighted by atomic mass is 19.4. The van der Waals surface area contributed by atoms with E-state index >= 15 is 0 Å². The first kappa shape index (κ1) is 23.3. The summed E-state index contributed by atoms with van der Waals surface area (Å²) < 4.78 is 39.9. The molecule has 0 radical (unpaired) electrons. The zero-order chi connectivity index (χ0) is 24.7. The molecule has 10 heteroatoms. The van der Waals surface area contributed by atoms with Crippen molar-refractivity contribution in [2.24, 2.45) is 0 Å². The maximum absolute atomic E-state index is 13.3. The first-order valence-electron chi connectivity index (χ1n) is 10.6. The van der Waals surface area contributed by atoms with Crippen LogP contribution in [-0.2, 0) is 16.1 Å². The van der Waals surface area contributed by atoms with E-state index < -0.39 is 36.7 Å². The predicted octanol–water partition coefficient (Wildman–Crippen LogP) is 3.45. The molecule has 1 saturated heterocycles. The molecule has 176 valence electrons. The molecule has 7 nitrogen and oxygen atoms in total. The van der Waals surface area contributed by atoms with Crippen molar-refractivity contribution in [1.29, 1.82) is 5.26 Å². The Labute approximate surface area is 194 Å². The number of nitrogens with zero attached hydrogens (tertiary/aromatic N) is 4. The number of alkyl halides is 3. The molecule has 2 aliphatic rings. The van der Waals surface area contributed by atoms with E-state index in [0.717, 1.165) is 0 Å². The van der Waals surface area contributed by atoms with Gasteiger partial charge in [0, 0.05) is 13.0 Å². The fourth-order valence-corrected chi connectivity index (χ4v) is 4.53. The van der Waals surface area contributed by atoms with Gasteiger partial charge in [-0.2, -0.15) is 18.4 Å².